The van der Waals surface area contributed by atoms with Crippen LogP contribution in [-0.4, -0.2) is 22.6 Å². The summed E-state index contributed by atoms with van der Waals surface area (Å²) in [5.74, 6) is 0. The Morgan fingerprint density at radius 3 is 2.52 bits per heavy atom. The number of nitrogens with zero attached hydrogens (tertiary/aromatic N) is 2. The van der Waals surface area contributed by atoms with Crippen molar-refractivity contribution in [2.45, 2.75) is 52.6 Å². The second kappa shape index (κ2) is 8.75. The Bertz CT molecular complexity index is 607. The van der Waals surface area contributed by atoms with Gasteiger partial charge in [0.2, 0.25) is 0 Å². The van der Waals surface area contributed by atoms with Gasteiger partial charge in [0.25, 0.3) is 0 Å². The van der Waals surface area contributed by atoms with Crippen molar-refractivity contribution >= 4 is 0 Å². The number of hydrogen-bond acceptors (Lipinski definition) is 4. The SMILES string of the molecule is Cc1ccc(CNC(CCCN)Cc2ncc(C)cc2C)nc1. The molecule has 0 bridgehead atoms. The summed E-state index contributed by atoms with van der Waals surface area (Å²) in [6.07, 6.45) is 6.86. The second-order valence-corrected chi connectivity index (χ2v) is 6.32. The number of hydrogen-bond donors (Lipinski definition) is 2. The van der Waals surface area contributed by atoms with E-state index in [9.17, 15) is 0 Å². The topological polar surface area (TPSA) is 63.8 Å². The predicted octanol–water partition coefficient (Wildman–Crippen LogP) is 2.84. The predicted molar refractivity (Wildman–Crippen MR) is 95.3 cm³/mol. The lowest BCUT2D eigenvalue weighted by Gasteiger charge is -2.19. The Hall–Kier alpha value is -1.78. The van der Waals surface area contributed by atoms with E-state index in [4.69, 9.17) is 5.73 Å². The standard InChI is InChI=1S/C19H28N4/c1-14-6-7-18(21-11-14)13-22-17(5-4-8-20)10-19-16(3)9-15(2)12-23-19/h6-7,9,11-12,17,22H,4-5,8,10,13,20H2,1-3H3. The van der Waals surface area contributed by atoms with E-state index in [-0.39, 0.29) is 0 Å². The fraction of sp³-hybridized carbons (Fsp3) is 0.474. The van der Waals surface area contributed by atoms with Gasteiger partial charge in [-0.15, -0.1) is 0 Å². The molecule has 2 aromatic rings. The van der Waals surface area contributed by atoms with Crippen LogP contribution in [0.2, 0.25) is 0 Å². The van der Waals surface area contributed by atoms with Crippen LogP contribution in [0.5, 0.6) is 0 Å². The third kappa shape index (κ3) is 5.73. The Kier molecular flexibility index (Phi) is 6.68. The quantitative estimate of drug-likeness (QED) is 0.787. The highest BCUT2D eigenvalue weighted by molar-refractivity contribution is 5.24. The Balaban J connectivity index is 1.99. The average Bonchev–Trinajstić information content (AvgIpc) is 2.53. The Labute approximate surface area is 139 Å². The lowest BCUT2D eigenvalue weighted by Crippen LogP contribution is -2.32. The maximum Gasteiger partial charge on any atom is 0.0541 e. The zero-order chi connectivity index (χ0) is 16.7. The third-order valence-corrected chi connectivity index (χ3v) is 4.06. The number of aryl methyl sites for hydroxylation is 3. The molecule has 1 unspecified atom stereocenters. The first-order chi connectivity index (χ1) is 11.1. The van der Waals surface area contributed by atoms with E-state index in [0.717, 1.165) is 38.0 Å². The van der Waals surface area contributed by atoms with Crippen molar-refractivity contribution < 1.29 is 0 Å². The van der Waals surface area contributed by atoms with Gasteiger partial charge in [-0.25, -0.2) is 0 Å². The van der Waals surface area contributed by atoms with Gasteiger partial charge in [0.1, 0.15) is 0 Å². The highest BCUT2D eigenvalue weighted by atomic mass is 14.9. The van der Waals surface area contributed by atoms with E-state index in [1.165, 1.54) is 22.4 Å². The fourth-order valence-electron chi connectivity index (χ4n) is 2.68. The lowest BCUT2D eigenvalue weighted by atomic mass is 10.0. The molecule has 2 heterocycles. The highest BCUT2D eigenvalue weighted by Gasteiger charge is 2.12. The van der Waals surface area contributed by atoms with E-state index >= 15 is 0 Å². The summed E-state index contributed by atoms with van der Waals surface area (Å²) in [5.41, 5.74) is 11.6. The Morgan fingerprint density at radius 1 is 1.09 bits per heavy atom. The van der Waals surface area contributed by atoms with E-state index < -0.39 is 0 Å². The van der Waals surface area contributed by atoms with Crippen molar-refractivity contribution in [3.8, 4) is 0 Å². The van der Waals surface area contributed by atoms with E-state index in [1.807, 2.05) is 12.4 Å². The largest absolute Gasteiger partial charge is 0.330 e. The molecule has 124 valence electrons. The molecule has 23 heavy (non-hydrogen) atoms. The molecule has 0 radical (unpaired) electrons. The van der Waals surface area contributed by atoms with Crippen LogP contribution in [0.25, 0.3) is 0 Å². The first kappa shape index (κ1) is 17.6. The molecular formula is C19H28N4. The molecular weight excluding hydrogens is 284 g/mol. The maximum absolute atomic E-state index is 5.69. The van der Waals surface area contributed by atoms with Gasteiger partial charge in [-0.1, -0.05) is 12.1 Å². The zero-order valence-electron chi connectivity index (χ0n) is 14.5. The fourth-order valence-corrected chi connectivity index (χ4v) is 2.68. The van der Waals surface area contributed by atoms with Gasteiger partial charge >= 0.3 is 0 Å². The van der Waals surface area contributed by atoms with Crippen LogP contribution in [-0.2, 0) is 13.0 Å². The highest BCUT2D eigenvalue weighted by Crippen LogP contribution is 2.12. The summed E-state index contributed by atoms with van der Waals surface area (Å²) in [6, 6.07) is 6.75. The van der Waals surface area contributed by atoms with Crippen molar-refractivity contribution in [2.24, 2.45) is 5.73 Å². The van der Waals surface area contributed by atoms with Crippen molar-refractivity contribution in [2.75, 3.05) is 6.54 Å². The smallest absolute Gasteiger partial charge is 0.0541 e. The zero-order valence-corrected chi connectivity index (χ0v) is 14.5. The van der Waals surface area contributed by atoms with Gasteiger partial charge in [-0.05, 0) is 62.9 Å². The van der Waals surface area contributed by atoms with Gasteiger partial charge in [-0.2, -0.15) is 0 Å². The van der Waals surface area contributed by atoms with Gasteiger partial charge in [0.15, 0.2) is 0 Å². The third-order valence-electron chi connectivity index (χ3n) is 4.06. The molecule has 1 atom stereocenters. The van der Waals surface area contributed by atoms with Crippen LogP contribution in [0.4, 0.5) is 0 Å². The molecule has 3 N–H and O–H groups in total. The minimum absolute atomic E-state index is 0.371. The number of nitrogens with one attached hydrogen (secondary N) is 1. The molecule has 0 aliphatic heterocycles. The molecule has 0 aliphatic rings. The van der Waals surface area contributed by atoms with Crippen molar-refractivity contribution in [1.82, 2.24) is 15.3 Å². The monoisotopic (exact) mass is 312 g/mol. The van der Waals surface area contributed by atoms with Crippen LogP contribution in [0.1, 0.15) is 40.9 Å². The normalized spacial score (nSPS) is 12.3. The summed E-state index contributed by atoms with van der Waals surface area (Å²) >= 11 is 0. The second-order valence-electron chi connectivity index (χ2n) is 6.32. The molecule has 2 rings (SSSR count). The molecule has 4 heteroatoms. The number of rotatable bonds is 8. The summed E-state index contributed by atoms with van der Waals surface area (Å²) in [5, 5.41) is 3.62. The molecule has 0 fully saturated rings. The minimum Gasteiger partial charge on any atom is -0.330 e. The first-order valence-electron chi connectivity index (χ1n) is 8.35. The Morgan fingerprint density at radius 2 is 1.87 bits per heavy atom. The van der Waals surface area contributed by atoms with Crippen molar-refractivity contribution in [3.63, 3.8) is 0 Å². The summed E-state index contributed by atoms with van der Waals surface area (Å²) in [4.78, 5) is 9.07. The van der Waals surface area contributed by atoms with Crippen LogP contribution in [0, 0.1) is 20.8 Å². The molecule has 2 aromatic heterocycles. The van der Waals surface area contributed by atoms with Gasteiger partial charge in [0.05, 0.1) is 5.69 Å². The van der Waals surface area contributed by atoms with Gasteiger partial charge < -0.3 is 11.1 Å². The maximum atomic E-state index is 5.69. The van der Waals surface area contributed by atoms with Gasteiger partial charge in [0, 0.05) is 37.1 Å². The number of nitrogens with two attached hydrogens (primary N) is 1. The van der Waals surface area contributed by atoms with Crippen LogP contribution in [0.15, 0.2) is 30.6 Å². The van der Waals surface area contributed by atoms with Crippen molar-refractivity contribution in [3.05, 3.63) is 58.7 Å². The van der Waals surface area contributed by atoms with E-state index in [2.05, 4.69) is 54.3 Å². The first-order valence-corrected chi connectivity index (χ1v) is 8.35. The molecule has 0 amide bonds. The van der Waals surface area contributed by atoms with Crippen LogP contribution >= 0.6 is 0 Å². The van der Waals surface area contributed by atoms with Crippen molar-refractivity contribution in [1.29, 1.82) is 0 Å². The van der Waals surface area contributed by atoms with Crippen LogP contribution in [0.3, 0.4) is 0 Å². The molecule has 0 aromatic carbocycles. The molecule has 0 saturated carbocycles. The van der Waals surface area contributed by atoms with Gasteiger partial charge in [-0.3, -0.25) is 9.97 Å². The molecule has 0 saturated heterocycles. The molecule has 0 spiro atoms. The average molecular weight is 312 g/mol. The molecule has 4 nitrogen and oxygen atoms in total. The lowest BCUT2D eigenvalue weighted by molar-refractivity contribution is 0.458. The summed E-state index contributed by atoms with van der Waals surface area (Å²) in [6.45, 7) is 7.77. The van der Waals surface area contributed by atoms with E-state index in [0.29, 0.717) is 6.04 Å². The van der Waals surface area contributed by atoms with Crippen LogP contribution < -0.4 is 11.1 Å². The molecule has 0 aliphatic carbocycles. The summed E-state index contributed by atoms with van der Waals surface area (Å²) < 4.78 is 0. The number of pyridine rings is 2. The van der Waals surface area contributed by atoms with E-state index in [1.54, 1.807) is 0 Å². The number of aromatic nitrogens is 2. The summed E-state index contributed by atoms with van der Waals surface area (Å²) in [7, 11) is 0. The minimum atomic E-state index is 0.371.